The van der Waals surface area contributed by atoms with Crippen molar-refractivity contribution in [3.05, 3.63) is 181 Å². The Morgan fingerprint density at radius 2 is 0.889 bits per heavy atom. The number of benzene rings is 7. The summed E-state index contributed by atoms with van der Waals surface area (Å²) in [5.41, 5.74) is 12.6. The second-order valence-electron chi connectivity index (χ2n) is 14.8. The smallest absolute Gasteiger partial charge is 0.330 e. The van der Waals surface area contributed by atoms with Crippen molar-refractivity contribution < 1.29 is 19.1 Å². The minimum Gasteiger partial charge on any atom is -0.461 e. The minimum absolute atomic E-state index is 0.0330. The third-order valence-corrected chi connectivity index (χ3v) is 11.6. The van der Waals surface area contributed by atoms with E-state index in [0.717, 1.165) is 67.1 Å². The van der Waals surface area contributed by atoms with Gasteiger partial charge in [0.2, 0.25) is 0 Å². The van der Waals surface area contributed by atoms with Gasteiger partial charge in [-0.05, 0) is 100 Å². The van der Waals surface area contributed by atoms with Gasteiger partial charge in [-0.1, -0.05) is 148 Å². The second kappa shape index (κ2) is 12.6. The summed E-state index contributed by atoms with van der Waals surface area (Å²) >= 11 is 0. The molecule has 7 aromatic carbocycles. The molecule has 0 aromatic heterocycles. The molecule has 4 nitrogen and oxygen atoms in total. The summed E-state index contributed by atoms with van der Waals surface area (Å²) < 4.78 is 11.6. The SMILES string of the molecule is C=CC(=O)OCC1(COC(=O)C=C)c2ccccc2-c2ccc(-c3c4ccccc4c(-c4ccc5c(c4)C(C)(C)c4ccccc4-5)c4ccccc34)cc21. The monoisotopic (exact) mass is 702 g/mol. The molecule has 54 heavy (non-hydrogen) atoms. The van der Waals surface area contributed by atoms with Crippen LogP contribution in [-0.4, -0.2) is 25.2 Å². The van der Waals surface area contributed by atoms with Crippen LogP contribution in [0.5, 0.6) is 0 Å². The Hall–Kier alpha value is -6.52. The number of rotatable bonds is 8. The first kappa shape index (κ1) is 33.3. The van der Waals surface area contributed by atoms with Crippen LogP contribution in [0.1, 0.15) is 36.1 Å². The van der Waals surface area contributed by atoms with Gasteiger partial charge in [-0.2, -0.15) is 0 Å². The van der Waals surface area contributed by atoms with E-state index in [4.69, 9.17) is 9.47 Å². The second-order valence-corrected chi connectivity index (χ2v) is 14.8. The molecule has 2 aliphatic rings. The summed E-state index contributed by atoms with van der Waals surface area (Å²) in [7, 11) is 0. The Kier molecular flexibility index (Phi) is 7.75. The van der Waals surface area contributed by atoms with Crippen molar-refractivity contribution in [3.8, 4) is 44.5 Å². The van der Waals surface area contributed by atoms with Crippen molar-refractivity contribution >= 4 is 33.5 Å². The topological polar surface area (TPSA) is 52.6 Å². The molecule has 0 saturated carbocycles. The normalized spacial score (nSPS) is 14.1. The van der Waals surface area contributed by atoms with Crippen LogP contribution >= 0.6 is 0 Å². The van der Waals surface area contributed by atoms with E-state index in [1.807, 2.05) is 18.2 Å². The van der Waals surface area contributed by atoms with Crippen LogP contribution in [0.2, 0.25) is 0 Å². The summed E-state index contributed by atoms with van der Waals surface area (Å²) in [4.78, 5) is 25.1. The molecule has 2 aliphatic carbocycles. The van der Waals surface area contributed by atoms with E-state index in [0.29, 0.717) is 0 Å². The van der Waals surface area contributed by atoms with Crippen molar-refractivity contribution in [1.29, 1.82) is 0 Å². The van der Waals surface area contributed by atoms with Gasteiger partial charge in [-0.25, -0.2) is 9.59 Å². The molecule has 0 radical (unpaired) electrons. The van der Waals surface area contributed by atoms with Gasteiger partial charge in [0.1, 0.15) is 13.2 Å². The lowest BCUT2D eigenvalue weighted by molar-refractivity contribution is -0.143. The number of fused-ring (bicyclic) bond motifs is 8. The lowest BCUT2D eigenvalue weighted by Gasteiger charge is -2.31. The first-order valence-electron chi connectivity index (χ1n) is 18.3. The number of ether oxygens (including phenoxy) is 2. The molecule has 0 N–H and O–H groups in total. The molecule has 0 fully saturated rings. The molecule has 0 amide bonds. The zero-order valence-electron chi connectivity index (χ0n) is 30.3. The maximum Gasteiger partial charge on any atom is 0.330 e. The Labute approximate surface area is 315 Å². The minimum atomic E-state index is -0.959. The summed E-state index contributed by atoms with van der Waals surface area (Å²) in [6, 6.07) is 47.6. The highest BCUT2D eigenvalue weighted by molar-refractivity contribution is 6.21. The summed E-state index contributed by atoms with van der Waals surface area (Å²) in [6.45, 7) is 11.8. The van der Waals surface area contributed by atoms with E-state index in [1.165, 1.54) is 33.4 Å². The Morgan fingerprint density at radius 3 is 1.39 bits per heavy atom. The van der Waals surface area contributed by atoms with Crippen molar-refractivity contribution in [3.63, 3.8) is 0 Å². The van der Waals surface area contributed by atoms with E-state index >= 15 is 0 Å². The van der Waals surface area contributed by atoms with E-state index in [2.05, 4.69) is 142 Å². The predicted molar refractivity (Wildman–Crippen MR) is 218 cm³/mol. The van der Waals surface area contributed by atoms with E-state index in [1.54, 1.807) is 0 Å². The van der Waals surface area contributed by atoms with Crippen molar-refractivity contribution in [1.82, 2.24) is 0 Å². The summed E-state index contributed by atoms with van der Waals surface area (Å²) in [6.07, 6.45) is 2.31. The molecule has 0 spiro atoms. The number of esters is 2. The zero-order valence-corrected chi connectivity index (χ0v) is 30.3. The van der Waals surface area contributed by atoms with Gasteiger partial charge in [-0.3, -0.25) is 0 Å². The van der Waals surface area contributed by atoms with Crippen LogP contribution in [-0.2, 0) is 29.9 Å². The van der Waals surface area contributed by atoms with Gasteiger partial charge < -0.3 is 9.47 Å². The third kappa shape index (κ3) is 4.90. The molecule has 9 rings (SSSR count). The van der Waals surface area contributed by atoms with Crippen LogP contribution in [0.25, 0.3) is 66.1 Å². The molecule has 7 aromatic rings. The van der Waals surface area contributed by atoms with Crippen LogP contribution in [0.15, 0.2) is 159 Å². The lowest BCUT2D eigenvalue weighted by Crippen LogP contribution is -2.38. The highest BCUT2D eigenvalue weighted by Gasteiger charge is 2.46. The first-order chi connectivity index (χ1) is 26.3. The number of carbonyl (C=O) groups is 2. The van der Waals surface area contributed by atoms with Gasteiger partial charge in [0.05, 0.1) is 5.41 Å². The molecule has 4 heteroatoms. The van der Waals surface area contributed by atoms with Gasteiger partial charge in [0, 0.05) is 17.6 Å². The number of hydrogen-bond acceptors (Lipinski definition) is 4. The molecule has 0 unspecified atom stereocenters. The Balaban J connectivity index is 1.27. The van der Waals surface area contributed by atoms with Gasteiger partial charge in [-0.15, -0.1) is 0 Å². The van der Waals surface area contributed by atoms with Crippen LogP contribution in [0, 0.1) is 0 Å². The quantitative estimate of drug-likeness (QED) is 0.0899. The van der Waals surface area contributed by atoms with Crippen molar-refractivity contribution in [2.45, 2.75) is 24.7 Å². The molecule has 262 valence electrons. The van der Waals surface area contributed by atoms with Gasteiger partial charge in [0.15, 0.2) is 0 Å². The molecule has 0 heterocycles. The fraction of sp³-hybridized carbons (Fsp3) is 0.120. The molecular weight excluding hydrogens is 665 g/mol. The fourth-order valence-electron chi connectivity index (χ4n) is 9.08. The predicted octanol–water partition coefficient (Wildman–Crippen LogP) is 11.4. The molecule has 0 saturated heterocycles. The fourth-order valence-corrected chi connectivity index (χ4v) is 9.08. The average molecular weight is 703 g/mol. The van der Waals surface area contributed by atoms with Gasteiger partial charge in [0.25, 0.3) is 0 Å². The summed E-state index contributed by atoms with van der Waals surface area (Å²) in [5, 5.41) is 4.58. The Morgan fingerprint density at radius 1 is 0.500 bits per heavy atom. The van der Waals surface area contributed by atoms with Crippen LogP contribution in [0.3, 0.4) is 0 Å². The van der Waals surface area contributed by atoms with Crippen molar-refractivity contribution in [2.24, 2.45) is 0 Å². The number of hydrogen-bond donors (Lipinski definition) is 0. The largest absolute Gasteiger partial charge is 0.461 e. The van der Waals surface area contributed by atoms with Crippen LogP contribution in [0.4, 0.5) is 0 Å². The first-order valence-corrected chi connectivity index (χ1v) is 18.3. The van der Waals surface area contributed by atoms with Gasteiger partial charge >= 0.3 is 11.9 Å². The maximum absolute atomic E-state index is 12.6. The van der Waals surface area contributed by atoms with Crippen LogP contribution < -0.4 is 0 Å². The third-order valence-electron chi connectivity index (χ3n) is 11.6. The standard InChI is InChI=1S/C50H38O4/c1-5-45(51)53-29-50(30-54-46(52)6-2)42-22-14-12-16-34(42)36-26-24-32(28-44(36)50)48-39-19-9-7-17-37(39)47(38-18-8-10-20-40(38)48)31-23-25-35-33-15-11-13-21-41(33)49(3,4)43(35)27-31/h5-28H,1-2,29-30H2,3-4H3. The highest BCUT2D eigenvalue weighted by atomic mass is 16.5. The summed E-state index contributed by atoms with van der Waals surface area (Å²) in [5.74, 6) is -1.09. The highest BCUT2D eigenvalue weighted by Crippen LogP contribution is 2.53. The van der Waals surface area contributed by atoms with E-state index < -0.39 is 17.4 Å². The number of carbonyl (C=O) groups excluding carboxylic acids is 2. The molecule has 0 atom stereocenters. The molecular formula is C50H38O4. The zero-order chi connectivity index (χ0) is 37.2. The lowest BCUT2D eigenvalue weighted by atomic mass is 9.78. The average Bonchev–Trinajstić information content (AvgIpc) is 3.62. The Bertz CT molecular complexity index is 2650. The molecule has 0 bridgehead atoms. The van der Waals surface area contributed by atoms with Crippen molar-refractivity contribution in [2.75, 3.05) is 13.2 Å². The molecule has 0 aliphatic heterocycles. The maximum atomic E-state index is 12.6. The van der Waals surface area contributed by atoms with E-state index in [-0.39, 0.29) is 18.6 Å². The van der Waals surface area contributed by atoms with E-state index in [9.17, 15) is 9.59 Å².